The Balaban J connectivity index is 1.46. The first-order valence-corrected chi connectivity index (χ1v) is 9.43. The Bertz CT molecular complexity index is 874. The van der Waals surface area contributed by atoms with Crippen molar-refractivity contribution in [3.63, 3.8) is 0 Å². The third-order valence-electron chi connectivity index (χ3n) is 6.06. The summed E-state index contributed by atoms with van der Waals surface area (Å²) in [4.78, 5) is 19.4. The molecule has 7 heteroatoms. The topological polar surface area (TPSA) is 100 Å². The van der Waals surface area contributed by atoms with Gasteiger partial charge in [0, 0.05) is 54.4 Å². The van der Waals surface area contributed by atoms with Gasteiger partial charge in [0.05, 0.1) is 0 Å². The van der Waals surface area contributed by atoms with Crippen molar-refractivity contribution in [1.29, 1.82) is 5.41 Å². The zero-order valence-electron chi connectivity index (χ0n) is 15.8. The highest BCUT2D eigenvalue weighted by Crippen LogP contribution is 2.34. The molecule has 3 heterocycles. The van der Waals surface area contributed by atoms with Crippen LogP contribution in [0.2, 0.25) is 0 Å². The minimum atomic E-state index is -0.347. The summed E-state index contributed by atoms with van der Waals surface area (Å²) in [6.45, 7) is 0. The Kier molecular flexibility index (Phi) is 4.47. The van der Waals surface area contributed by atoms with E-state index in [0.717, 1.165) is 24.2 Å². The zero-order valence-corrected chi connectivity index (χ0v) is 15.8. The van der Waals surface area contributed by atoms with E-state index in [1.54, 1.807) is 18.3 Å². The molecule has 2 fully saturated rings. The molecule has 2 aliphatic rings. The van der Waals surface area contributed by atoms with Crippen LogP contribution in [-0.4, -0.2) is 51.2 Å². The van der Waals surface area contributed by atoms with Crippen molar-refractivity contribution in [2.75, 3.05) is 12.8 Å². The molecule has 4 rings (SSSR count). The van der Waals surface area contributed by atoms with Gasteiger partial charge in [0.25, 0.3) is 5.91 Å². The second-order valence-corrected chi connectivity index (χ2v) is 7.73. The fraction of sp³-hybridized carbons (Fsp3) is 0.450. The van der Waals surface area contributed by atoms with Crippen LogP contribution in [0.5, 0.6) is 0 Å². The number of nitrogens with zero attached hydrogens (tertiary/aromatic N) is 3. The molecule has 2 unspecified atom stereocenters. The highest BCUT2D eigenvalue weighted by molar-refractivity contribution is 6.45. The number of aryl methyl sites for hydroxylation is 1. The fourth-order valence-electron chi connectivity index (χ4n) is 4.48. The Hall–Kier alpha value is -2.67. The number of hydrogen-bond donors (Lipinski definition) is 3. The number of anilines is 1. The molecule has 0 aliphatic carbocycles. The molecule has 0 radical (unpaired) electrons. The van der Waals surface area contributed by atoms with Gasteiger partial charge in [0.2, 0.25) is 0 Å². The Morgan fingerprint density at radius 3 is 2.56 bits per heavy atom. The third-order valence-corrected chi connectivity index (χ3v) is 6.06. The molecule has 0 spiro atoms. The quantitative estimate of drug-likeness (QED) is 0.567. The number of rotatable bonds is 4. The van der Waals surface area contributed by atoms with Gasteiger partial charge < -0.3 is 20.5 Å². The number of benzene rings is 1. The molecule has 7 nitrogen and oxygen atoms in total. The second-order valence-electron chi connectivity index (χ2n) is 7.73. The molecule has 1 aromatic heterocycles. The summed E-state index contributed by atoms with van der Waals surface area (Å²) >= 11 is 0. The third kappa shape index (κ3) is 3.23. The van der Waals surface area contributed by atoms with Gasteiger partial charge in [-0.15, -0.1) is 0 Å². The summed E-state index contributed by atoms with van der Waals surface area (Å²) in [7, 11) is 4.09. The van der Waals surface area contributed by atoms with E-state index >= 15 is 0 Å². The van der Waals surface area contributed by atoms with Crippen molar-refractivity contribution in [2.24, 2.45) is 7.05 Å². The number of imidazole rings is 1. The van der Waals surface area contributed by atoms with E-state index in [0.29, 0.717) is 23.3 Å². The summed E-state index contributed by atoms with van der Waals surface area (Å²) in [5.74, 6) is 0.450. The van der Waals surface area contributed by atoms with E-state index in [1.807, 2.05) is 23.9 Å². The van der Waals surface area contributed by atoms with Crippen LogP contribution in [0.25, 0.3) is 11.4 Å². The zero-order chi connectivity index (χ0) is 19.1. The summed E-state index contributed by atoms with van der Waals surface area (Å²) in [5, 5.41) is 11.4. The van der Waals surface area contributed by atoms with Crippen molar-refractivity contribution < 1.29 is 4.79 Å². The molecule has 27 heavy (non-hydrogen) atoms. The monoisotopic (exact) mass is 366 g/mol. The van der Waals surface area contributed by atoms with Gasteiger partial charge in [-0.3, -0.25) is 10.2 Å². The molecule has 0 saturated carbocycles. The molecular formula is C20H26N6O. The molecule has 2 saturated heterocycles. The maximum absolute atomic E-state index is 12.6. The van der Waals surface area contributed by atoms with E-state index in [9.17, 15) is 4.79 Å². The Labute approximate surface area is 159 Å². The average Bonchev–Trinajstić information content (AvgIpc) is 3.13. The fourth-order valence-corrected chi connectivity index (χ4v) is 4.48. The molecule has 2 aromatic rings. The van der Waals surface area contributed by atoms with E-state index in [1.165, 1.54) is 12.8 Å². The minimum Gasteiger partial charge on any atom is -0.398 e. The van der Waals surface area contributed by atoms with Crippen molar-refractivity contribution in [3.8, 4) is 11.4 Å². The van der Waals surface area contributed by atoms with E-state index in [4.69, 9.17) is 11.1 Å². The smallest absolute Gasteiger partial charge is 0.270 e. The van der Waals surface area contributed by atoms with Gasteiger partial charge in [-0.25, -0.2) is 4.98 Å². The number of carbonyl (C=O) groups is 1. The minimum absolute atomic E-state index is 0.0786. The number of aromatic nitrogens is 2. The van der Waals surface area contributed by atoms with Crippen LogP contribution in [-0.2, 0) is 11.8 Å². The first kappa shape index (κ1) is 17.7. The van der Waals surface area contributed by atoms with Crippen LogP contribution in [0.1, 0.15) is 31.2 Å². The number of nitrogen functional groups attached to an aromatic ring is 1. The standard InChI is InChI=1S/C20H26N6O/c1-25-8-7-23-19(25)12-3-6-16(17(21)9-12)18(22)20(27)24-13-10-14-4-5-15(11-13)26(14)2/h3,6-9,13-15,22H,4-5,10-11,21H2,1-2H3,(H,24,27). The van der Waals surface area contributed by atoms with Crippen LogP contribution < -0.4 is 11.1 Å². The van der Waals surface area contributed by atoms with Crippen molar-refractivity contribution in [1.82, 2.24) is 19.8 Å². The van der Waals surface area contributed by atoms with Crippen LogP contribution in [0, 0.1) is 5.41 Å². The first-order chi connectivity index (χ1) is 12.9. The SMILES string of the molecule is CN1C2CCC1CC(NC(=O)C(=N)c1ccc(-c3nccn3C)cc1N)C2. The van der Waals surface area contributed by atoms with E-state index in [-0.39, 0.29) is 17.7 Å². The maximum atomic E-state index is 12.6. The molecule has 2 aliphatic heterocycles. The van der Waals surface area contributed by atoms with Gasteiger partial charge in [-0.05, 0) is 44.9 Å². The number of nitrogens with one attached hydrogen (secondary N) is 2. The highest BCUT2D eigenvalue weighted by atomic mass is 16.1. The lowest BCUT2D eigenvalue weighted by molar-refractivity contribution is -0.115. The first-order valence-electron chi connectivity index (χ1n) is 9.43. The predicted octanol–water partition coefficient (Wildman–Crippen LogP) is 1.78. The van der Waals surface area contributed by atoms with Gasteiger partial charge in [-0.1, -0.05) is 6.07 Å². The molecule has 142 valence electrons. The molecule has 1 aromatic carbocycles. The number of fused-ring (bicyclic) bond motifs is 2. The normalized spacial score (nSPS) is 24.7. The molecule has 2 atom stereocenters. The lowest BCUT2D eigenvalue weighted by atomic mass is 9.97. The largest absolute Gasteiger partial charge is 0.398 e. The van der Waals surface area contributed by atoms with Gasteiger partial charge in [0.1, 0.15) is 11.5 Å². The number of piperidine rings is 1. The lowest BCUT2D eigenvalue weighted by Crippen LogP contribution is -2.50. The second kappa shape index (κ2) is 6.81. The number of nitrogens with two attached hydrogens (primary N) is 1. The van der Waals surface area contributed by atoms with Crippen LogP contribution in [0.3, 0.4) is 0 Å². The van der Waals surface area contributed by atoms with Crippen LogP contribution in [0.15, 0.2) is 30.6 Å². The van der Waals surface area contributed by atoms with Gasteiger partial charge >= 0.3 is 0 Å². The number of carbonyl (C=O) groups excluding carboxylic acids is 1. The number of amides is 1. The lowest BCUT2D eigenvalue weighted by Gasteiger charge is -2.36. The molecule has 1 amide bonds. The van der Waals surface area contributed by atoms with Crippen molar-refractivity contribution in [3.05, 3.63) is 36.2 Å². The summed E-state index contributed by atoms with van der Waals surface area (Å²) in [5.41, 5.74) is 7.82. The molecule has 2 bridgehead atoms. The van der Waals surface area contributed by atoms with Crippen LogP contribution in [0.4, 0.5) is 5.69 Å². The van der Waals surface area contributed by atoms with E-state index in [2.05, 4.69) is 22.2 Å². The van der Waals surface area contributed by atoms with Gasteiger partial charge in [-0.2, -0.15) is 0 Å². The summed E-state index contributed by atoms with van der Waals surface area (Å²) in [6.07, 6.45) is 7.91. The Morgan fingerprint density at radius 2 is 1.96 bits per heavy atom. The van der Waals surface area contributed by atoms with Gasteiger partial charge in [0.15, 0.2) is 0 Å². The molecule has 4 N–H and O–H groups in total. The Morgan fingerprint density at radius 1 is 1.26 bits per heavy atom. The predicted molar refractivity (Wildman–Crippen MR) is 106 cm³/mol. The maximum Gasteiger partial charge on any atom is 0.270 e. The van der Waals surface area contributed by atoms with Crippen molar-refractivity contribution >= 4 is 17.3 Å². The van der Waals surface area contributed by atoms with Crippen molar-refractivity contribution in [2.45, 2.75) is 43.8 Å². The number of hydrogen-bond acceptors (Lipinski definition) is 5. The highest BCUT2D eigenvalue weighted by Gasteiger charge is 2.39. The van der Waals surface area contributed by atoms with Crippen LogP contribution >= 0.6 is 0 Å². The molecular weight excluding hydrogens is 340 g/mol. The van der Waals surface area contributed by atoms with E-state index < -0.39 is 0 Å². The summed E-state index contributed by atoms with van der Waals surface area (Å²) in [6, 6.07) is 6.59. The average molecular weight is 366 g/mol. The summed E-state index contributed by atoms with van der Waals surface area (Å²) < 4.78 is 1.90.